The van der Waals surface area contributed by atoms with E-state index >= 15 is 0 Å². The molecule has 2 aromatic heterocycles. The second-order valence-electron chi connectivity index (χ2n) is 4.26. The van der Waals surface area contributed by atoms with Crippen LogP contribution < -0.4 is 0 Å². The number of rotatable bonds is 5. The van der Waals surface area contributed by atoms with Crippen molar-refractivity contribution in [1.82, 2.24) is 14.8 Å². The molecule has 1 atom stereocenters. The number of aliphatic hydroxyl groups is 1. The number of ether oxygens (including phenoxy) is 1. The van der Waals surface area contributed by atoms with E-state index in [9.17, 15) is 5.11 Å². The smallest absolute Gasteiger partial charge is 0.139 e. The summed E-state index contributed by atoms with van der Waals surface area (Å²) in [4.78, 5) is 4.22. The maximum absolute atomic E-state index is 10.4. The van der Waals surface area contributed by atoms with E-state index in [4.69, 9.17) is 16.3 Å². The molecular weight excluding hydrogens is 266 g/mol. The van der Waals surface area contributed by atoms with E-state index in [-0.39, 0.29) is 0 Å². The number of nitrogens with zero attached hydrogens (tertiary/aromatic N) is 3. The van der Waals surface area contributed by atoms with Crippen LogP contribution in [0.25, 0.3) is 0 Å². The summed E-state index contributed by atoms with van der Waals surface area (Å²) in [5, 5.41) is 14.9. The summed E-state index contributed by atoms with van der Waals surface area (Å²) in [6.45, 7) is 2.97. The average molecular weight is 282 g/mol. The Labute approximate surface area is 116 Å². The van der Waals surface area contributed by atoms with Gasteiger partial charge in [-0.2, -0.15) is 5.10 Å². The molecule has 1 N–H and O–H groups in total. The standard InChI is InChI=1S/C13H16ClN3O2/c1-9-3-4-11(15-7-9)13(18)12-10(14)8-16-17(12)5-6-19-2/h3-4,7-8,13,18H,5-6H2,1-2H3. The van der Waals surface area contributed by atoms with Crippen molar-refractivity contribution < 1.29 is 9.84 Å². The van der Waals surface area contributed by atoms with Crippen molar-refractivity contribution in [3.8, 4) is 0 Å². The molecule has 0 radical (unpaired) electrons. The van der Waals surface area contributed by atoms with Gasteiger partial charge in [-0.25, -0.2) is 0 Å². The molecule has 0 spiro atoms. The predicted octanol–water partition coefficient (Wildman–Crippen LogP) is 1.97. The van der Waals surface area contributed by atoms with Gasteiger partial charge in [0.15, 0.2) is 0 Å². The van der Waals surface area contributed by atoms with E-state index < -0.39 is 6.10 Å². The summed E-state index contributed by atoms with van der Waals surface area (Å²) < 4.78 is 6.65. The molecule has 5 nitrogen and oxygen atoms in total. The second kappa shape index (κ2) is 6.14. The average Bonchev–Trinajstić information content (AvgIpc) is 2.77. The molecule has 0 saturated carbocycles. The van der Waals surface area contributed by atoms with Gasteiger partial charge < -0.3 is 9.84 Å². The van der Waals surface area contributed by atoms with Gasteiger partial charge in [-0.3, -0.25) is 9.67 Å². The van der Waals surface area contributed by atoms with Gasteiger partial charge in [0.2, 0.25) is 0 Å². The van der Waals surface area contributed by atoms with Gasteiger partial charge in [0.05, 0.1) is 35.8 Å². The van der Waals surface area contributed by atoms with Crippen molar-refractivity contribution in [2.45, 2.75) is 19.6 Å². The van der Waals surface area contributed by atoms with Crippen LogP contribution in [0.3, 0.4) is 0 Å². The Hall–Kier alpha value is -1.43. The first-order valence-electron chi connectivity index (χ1n) is 5.94. The Morgan fingerprint density at radius 2 is 2.21 bits per heavy atom. The van der Waals surface area contributed by atoms with Crippen LogP contribution in [-0.4, -0.2) is 33.6 Å². The summed E-state index contributed by atoms with van der Waals surface area (Å²) in [5.74, 6) is 0. The third-order valence-corrected chi connectivity index (χ3v) is 3.11. The molecule has 0 amide bonds. The van der Waals surface area contributed by atoms with E-state index in [1.165, 1.54) is 6.20 Å². The van der Waals surface area contributed by atoms with E-state index in [2.05, 4.69) is 10.1 Å². The number of methoxy groups -OCH3 is 1. The first-order chi connectivity index (χ1) is 9.13. The monoisotopic (exact) mass is 281 g/mol. The normalized spacial score (nSPS) is 12.6. The Morgan fingerprint density at radius 3 is 2.84 bits per heavy atom. The van der Waals surface area contributed by atoms with Crippen LogP contribution in [0.5, 0.6) is 0 Å². The number of pyridine rings is 1. The van der Waals surface area contributed by atoms with Crippen molar-refractivity contribution in [3.05, 3.63) is 46.5 Å². The van der Waals surface area contributed by atoms with Gasteiger partial charge in [-0.1, -0.05) is 17.7 Å². The molecule has 6 heteroatoms. The van der Waals surface area contributed by atoms with Gasteiger partial charge in [-0.15, -0.1) is 0 Å². The van der Waals surface area contributed by atoms with E-state index in [0.29, 0.717) is 29.6 Å². The first kappa shape index (κ1) is 14.0. The largest absolute Gasteiger partial charge is 0.383 e. The number of halogens is 1. The maximum atomic E-state index is 10.4. The molecule has 0 aliphatic heterocycles. The summed E-state index contributed by atoms with van der Waals surface area (Å²) in [6.07, 6.45) is 2.33. The van der Waals surface area contributed by atoms with Gasteiger partial charge in [0.1, 0.15) is 6.10 Å². The summed E-state index contributed by atoms with van der Waals surface area (Å²) in [7, 11) is 1.61. The fraction of sp³-hybridized carbons (Fsp3) is 0.385. The number of aromatic nitrogens is 3. The lowest BCUT2D eigenvalue weighted by Gasteiger charge is -2.13. The molecule has 102 valence electrons. The quantitative estimate of drug-likeness (QED) is 0.910. The second-order valence-corrected chi connectivity index (χ2v) is 4.66. The molecule has 19 heavy (non-hydrogen) atoms. The Bertz CT molecular complexity index is 539. The molecular formula is C13H16ClN3O2. The topological polar surface area (TPSA) is 60.2 Å². The van der Waals surface area contributed by atoms with Crippen LogP contribution in [0.1, 0.15) is 23.1 Å². The Balaban J connectivity index is 2.29. The zero-order chi connectivity index (χ0) is 13.8. The van der Waals surface area contributed by atoms with Gasteiger partial charge in [0.25, 0.3) is 0 Å². The number of hydrogen-bond acceptors (Lipinski definition) is 4. The zero-order valence-corrected chi connectivity index (χ0v) is 11.6. The highest BCUT2D eigenvalue weighted by atomic mass is 35.5. The van der Waals surface area contributed by atoms with Crippen LogP contribution in [0, 0.1) is 6.92 Å². The minimum atomic E-state index is -0.896. The minimum Gasteiger partial charge on any atom is -0.383 e. The van der Waals surface area contributed by atoms with Crippen molar-refractivity contribution >= 4 is 11.6 Å². The van der Waals surface area contributed by atoms with E-state index in [1.807, 2.05) is 13.0 Å². The van der Waals surface area contributed by atoms with Crippen molar-refractivity contribution in [2.75, 3.05) is 13.7 Å². The lowest BCUT2D eigenvalue weighted by Crippen LogP contribution is -2.14. The van der Waals surface area contributed by atoms with Crippen molar-refractivity contribution in [1.29, 1.82) is 0 Å². The van der Waals surface area contributed by atoms with Crippen molar-refractivity contribution in [3.63, 3.8) is 0 Å². The molecule has 1 unspecified atom stereocenters. The van der Waals surface area contributed by atoms with Crippen molar-refractivity contribution in [2.24, 2.45) is 0 Å². The van der Waals surface area contributed by atoms with Gasteiger partial charge in [0, 0.05) is 13.3 Å². The number of hydrogen-bond donors (Lipinski definition) is 1. The molecule has 2 aromatic rings. The summed E-state index contributed by atoms with van der Waals surface area (Å²) >= 11 is 6.09. The van der Waals surface area contributed by atoms with Crippen LogP contribution in [0.15, 0.2) is 24.5 Å². The Morgan fingerprint density at radius 1 is 1.42 bits per heavy atom. The Kier molecular flexibility index (Phi) is 4.52. The third kappa shape index (κ3) is 3.12. The summed E-state index contributed by atoms with van der Waals surface area (Å²) in [6, 6.07) is 3.68. The summed E-state index contributed by atoms with van der Waals surface area (Å²) in [5.41, 5.74) is 2.12. The minimum absolute atomic E-state index is 0.422. The molecule has 0 aromatic carbocycles. The van der Waals surface area contributed by atoms with E-state index in [0.717, 1.165) is 5.56 Å². The number of aryl methyl sites for hydroxylation is 1. The van der Waals surface area contributed by atoms with Gasteiger partial charge in [-0.05, 0) is 18.6 Å². The third-order valence-electron chi connectivity index (χ3n) is 2.81. The molecule has 0 saturated heterocycles. The lowest BCUT2D eigenvalue weighted by molar-refractivity contribution is 0.170. The highest BCUT2D eigenvalue weighted by molar-refractivity contribution is 6.31. The molecule has 0 aliphatic carbocycles. The zero-order valence-electron chi connectivity index (χ0n) is 10.9. The fourth-order valence-corrected chi connectivity index (χ4v) is 2.03. The molecule has 0 aliphatic rings. The van der Waals surface area contributed by atoms with Crippen LogP contribution in [0.4, 0.5) is 0 Å². The molecule has 2 rings (SSSR count). The van der Waals surface area contributed by atoms with Crippen LogP contribution >= 0.6 is 11.6 Å². The first-order valence-corrected chi connectivity index (χ1v) is 6.32. The lowest BCUT2D eigenvalue weighted by atomic mass is 10.1. The number of aliphatic hydroxyl groups excluding tert-OH is 1. The van der Waals surface area contributed by atoms with Crippen LogP contribution in [-0.2, 0) is 11.3 Å². The molecule has 0 bridgehead atoms. The van der Waals surface area contributed by atoms with Gasteiger partial charge >= 0.3 is 0 Å². The molecule has 2 heterocycles. The SMILES string of the molecule is COCCn1ncc(Cl)c1C(O)c1ccc(C)cn1. The fourth-order valence-electron chi connectivity index (χ4n) is 1.78. The van der Waals surface area contributed by atoms with E-state index in [1.54, 1.807) is 24.1 Å². The molecule has 0 fully saturated rings. The highest BCUT2D eigenvalue weighted by Crippen LogP contribution is 2.27. The highest BCUT2D eigenvalue weighted by Gasteiger charge is 2.20. The maximum Gasteiger partial charge on any atom is 0.139 e. The van der Waals surface area contributed by atoms with Crippen LogP contribution in [0.2, 0.25) is 5.02 Å². The predicted molar refractivity (Wildman–Crippen MR) is 72.1 cm³/mol.